The summed E-state index contributed by atoms with van der Waals surface area (Å²) in [4.78, 5) is 12.2. The van der Waals surface area contributed by atoms with Crippen LogP contribution in [0, 0.1) is 10.8 Å². The summed E-state index contributed by atoms with van der Waals surface area (Å²) in [7, 11) is 0. The Morgan fingerprint density at radius 2 is 1.38 bits per heavy atom. The minimum absolute atomic E-state index is 0.0500. The molecule has 0 aromatic rings. The summed E-state index contributed by atoms with van der Waals surface area (Å²) in [5, 5.41) is 10.1. The van der Waals surface area contributed by atoms with Crippen LogP contribution in [0.25, 0.3) is 0 Å². The van der Waals surface area contributed by atoms with Gasteiger partial charge < -0.3 is 5.11 Å². The number of carbonyl (C=O) groups is 1. The molecule has 0 aromatic carbocycles. The molecule has 0 aromatic heterocycles. The van der Waals surface area contributed by atoms with E-state index in [1.807, 2.05) is 41.5 Å². The largest absolute Gasteiger partial charge is 0.511 e. The van der Waals surface area contributed by atoms with Crippen molar-refractivity contribution in [2.75, 3.05) is 0 Å². The topological polar surface area (TPSA) is 37.3 Å². The standard InChI is InChI=1S/C14H26O2/c1-8-13(4,5)11(15)10(3)12(16)14(6,7)9-2/h15H,8-9H2,1-7H3/b11-10-. The van der Waals surface area contributed by atoms with Gasteiger partial charge in [0.25, 0.3) is 0 Å². The van der Waals surface area contributed by atoms with Crippen LogP contribution in [0.15, 0.2) is 11.3 Å². The fourth-order valence-electron chi connectivity index (χ4n) is 1.45. The summed E-state index contributed by atoms with van der Waals surface area (Å²) in [5.41, 5.74) is -0.190. The highest BCUT2D eigenvalue weighted by Gasteiger charge is 2.31. The zero-order valence-electron chi connectivity index (χ0n) is 11.8. The second-order valence-electron chi connectivity index (χ2n) is 5.78. The van der Waals surface area contributed by atoms with Gasteiger partial charge in [-0.1, -0.05) is 41.5 Å². The smallest absolute Gasteiger partial charge is 0.167 e. The summed E-state index contributed by atoms with van der Waals surface area (Å²) in [5.74, 6) is 0.288. The molecule has 1 N–H and O–H groups in total. The van der Waals surface area contributed by atoms with Gasteiger partial charge in [0.2, 0.25) is 0 Å². The number of carbonyl (C=O) groups excluding carboxylic acids is 1. The number of allylic oxidation sites excluding steroid dienone is 2. The molecular weight excluding hydrogens is 200 g/mol. The Morgan fingerprint density at radius 1 is 1.00 bits per heavy atom. The van der Waals surface area contributed by atoms with Gasteiger partial charge in [0.1, 0.15) is 5.76 Å². The van der Waals surface area contributed by atoms with Gasteiger partial charge in [0.15, 0.2) is 5.78 Å². The second-order valence-corrected chi connectivity index (χ2v) is 5.78. The lowest BCUT2D eigenvalue weighted by Crippen LogP contribution is -2.27. The van der Waals surface area contributed by atoms with Crippen molar-refractivity contribution >= 4 is 5.78 Å². The van der Waals surface area contributed by atoms with Crippen molar-refractivity contribution in [1.29, 1.82) is 0 Å². The summed E-state index contributed by atoms with van der Waals surface area (Å²) in [6.45, 7) is 13.5. The Bertz CT molecular complexity index is 296. The highest BCUT2D eigenvalue weighted by molar-refractivity contribution is 5.99. The van der Waals surface area contributed by atoms with Gasteiger partial charge in [0.05, 0.1) is 0 Å². The molecule has 0 aliphatic rings. The molecule has 0 saturated heterocycles. The zero-order valence-corrected chi connectivity index (χ0v) is 11.8. The van der Waals surface area contributed by atoms with Crippen molar-refractivity contribution in [3.05, 3.63) is 11.3 Å². The molecule has 0 aliphatic carbocycles. The number of ketones is 1. The molecule has 0 atom stereocenters. The summed E-state index contributed by atoms with van der Waals surface area (Å²) in [6, 6.07) is 0. The van der Waals surface area contributed by atoms with Gasteiger partial charge in [-0.15, -0.1) is 0 Å². The van der Waals surface area contributed by atoms with Crippen LogP contribution in [0.1, 0.15) is 61.3 Å². The first kappa shape index (κ1) is 15.2. The van der Waals surface area contributed by atoms with E-state index in [2.05, 4.69) is 0 Å². The number of Topliss-reactive ketones (excluding diaryl/α,β-unsaturated/α-hetero) is 1. The molecule has 0 amide bonds. The van der Waals surface area contributed by atoms with Gasteiger partial charge >= 0.3 is 0 Å². The van der Waals surface area contributed by atoms with E-state index in [1.54, 1.807) is 6.92 Å². The van der Waals surface area contributed by atoms with Gasteiger partial charge in [-0.25, -0.2) is 0 Å². The molecule has 0 unspecified atom stereocenters. The van der Waals surface area contributed by atoms with E-state index in [0.29, 0.717) is 5.57 Å². The summed E-state index contributed by atoms with van der Waals surface area (Å²) >= 11 is 0. The van der Waals surface area contributed by atoms with Crippen LogP contribution in [-0.4, -0.2) is 10.9 Å². The highest BCUT2D eigenvalue weighted by atomic mass is 16.3. The predicted molar refractivity (Wildman–Crippen MR) is 68.5 cm³/mol. The van der Waals surface area contributed by atoms with E-state index in [-0.39, 0.29) is 22.4 Å². The number of rotatable bonds is 5. The van der Waals surface area contributed by atoms with E-state index in [4.69, 9.17) is 0 Å². The zero-order chi connectivity index (χ0) is 13.1. The Hall–Kier alpha value is -0.790. The average Bonchev–Trinajstić information content (AvgIpc) is 2.25. The van der Waals surface area contributed by atoms with E-state index in [0.717, 1.165) is 12.8 Å². The Labute approximate surface area is 99.7 Å². The Kier molecular flexibility index (Phi) is 4.78. The van der Waals surface area contributed by atoms with Crippen molar-refractivity contribution in [3.8, 4) is 0 Å². The second kappa shape index (κ2) is 5.03. The third kappa shape index (κ3) is 3.10. The molecule has 2 nitrogen and oxygen atoms in total. The van der Waals surface area contributed by atoms with Crippen molar-refractivity contribution in [3.63, 3.8) is 0 Å². The molecule has 16 heavy (non-hydrogen) atoms. The van der Waals surface area contributed by atoms with E-state index in [1.165, 1.54) is 0 Å². The molecule has 0 spiro atoms. The van der Waals surface area contributed by atoms with Crippen molar-refractivity contribution in [2.24, 2.45) is 10.8 Å². The highest BCUT2D eigenvalue weighted by Crippen LogP contribution is 2.33. The van der Waals surface area contributed by atoms with Crippen LogP contribution in [0.4, 0.5) is 0 Å². The average molecular weight is 226 g/mol. The summed E-state index contributed by atoms with van der Waals surface area (Å²) < 4.78 is 0. The van der Waals surface area contributed by atoms with Crippen LogP contribution in [0.3, 0.4) is 0 Å². The van der Waals surface area contributed by atoms with Gasteiger partial charge in [-0.05, 0) is 19.8 Å². The summed E-state index contributed by atoms with van der Waals surface area (Å²) in [6.07, 6.45) is 1.60. The molecule has 0 heterocycles. The normalized spacial score (nSPS) is 14.7. The first-order chi connectivity index (χ1) is 7.10. The molecule has 0 bridgehead atoms. The van der Waals surface area contributed by atoms with Gasteiger partial charge in [-0.2, -0.15) is 0 Å². The minimum atomic E-state index is -0.387. The lowest BCUT2D eigenvalue weighted by molar-refractivity contribution is -0.123. The number of hydrogen-bond acceptors (Lipinski definition) is 2. The third-order valence-corrected chi connectivity index (χ3v) is 3.72. The first-order valence-electron chi connectivity index (χ1n) is 6.05. The predicted octanol–water partition coefficient (Wildman–Crippen LogP) is 4.26. The quantitative estimate of drug-likeness (QED) is 0.562. The van der Waals surface area contributed by atoms with Crippen LogP contribution in [0.2, 0.25) is 0 Å². The maximum Gasteiger partial charge on any atom is 0.167 e. The van der Waals surface area contributed by atoms with E-state index in [9.17, 15) is 9.90 Å². The Balaban J connectivity index is 5.27. The van der Waals surface area contributed by atoms with Crippen LogP contribution >= 0.6 is 0 Å². The van der Waals surface area contributed by atoms with E-state index >= 15 is 0 Å². The van der Waals surface area contributed by atoms with Crippen LogP contribution in [0.5, 0.6) is 0 Å². The third-order valence-electron chi connectivity index (χ3n) is 3.72. The molecule has 2 heteroatoms. The fourth-order valence-corrected chi connectivity index (χ4v) is 1.45. The molecule has 0 radical (unpaired) electrons. The lowest BCUT2D eigenvalue weighted by Gasteiger charge is -2.27. The maximum atomic E-state index is 12.2. The fraction of sp³-hybridized carbons (Fsp3) is 0.786. The van der Waals surface area contributed by atoms with Crippen molar-refractivity contribution in [2.45, 2.75) is 61.3 Å². The van der Waals surface area contributed by atoms with Crippen LogP contribution < -0.4 is 0 Å². The first-order valence-corrected chi connectivity index (χ1v) is 6.05. The number of hydrogen-bond donors (Lipinski definition) is 1. The Morgan fingerprint density at radius 3 is 1.69 bits per heavy atom. The van der Waals surface area contributed by atoms with Crippen molar-refractivity contribution < 1.29 is 9.90 Å². The van der Waals surface area contributed by atoms with E-state index < -0.39 is 0 Å². The van der Waals surface area contributed by atoms with Crippen molar-refractivity contribution in [1.82, 2.24) is 0 Å². The minimum Gasteiger partial charge on any atom is -0.511 e. The molecule has 0 rings (SSSR count). The van der Waals surface area contributed by atoms with Crippen LogP contribution in [-0.2, 0) is 4.79 Å². The number of aliphatic hydroxyl groups excluding tert-OH is 1. The maximum absolute atomic E-state index is 12.2. The molecule has 0 saturated carbocycles. The lowest BCUT2D eigenvalue weighted by atomic mass is 9.78. The van der Waals surface area contributed by atoms with Gasteiger partial charge in [-0.3, -0.25) is 4.79 Å². The molecular formula is C14H26O2. The molecule has 0 aliphatic heterocycles. The number of aliphatic hydroxyl groups is 1. The SMILES string of the molecule is CCC(C)(C)C(=O)/C(C)=C(\O)C(C)(C)CC. The molecule has 94 valence electrons. The monoisotopic (exact) mass is 226 g/mol. The van der Waals surface area contributed by atoms with Gasteiger partial charge in [0, 0.05) is 16.4 Å². The molecule has 0 fully saturated rings.